The number of thiazole rings is 1. The van der Waals surface area contributed by atoms with Gasteiger partial charge < -0.3 is 24.1 Å². The van der Waals surface area contributed by atoms with Crippen LogP contribution in [-0.2, 0) is 47.7 Å². The third-order valence-corrected chi connectivity index (χ3v) is 16.2. The lowest BCUT2D eigenvalue weighted by Gasteiger charge is -2.32. The fourth-order valence-corrected chi connectivity index (χ4v) is 9.67. The largest absolute Gasteiger partial charge is 0.378 e. The van der Waals surface area contributed by atoms with Gasteiger partial charge in [-0.25, -0.2) is 14.3 Å². The topological polar surface area (TPSA) is 125 Å². The monoisotopic (exact) mass is 635 g/mol. The van der Waals surface area contributed by atoms with E-state index in [9.17, 15) is 9.32 Å². The van der Waals surface area contributed by atoms with Gasteiger partial charge in [0.15, 0.2) is 13.8 Å². The molecule has 0 radical (unpaired) electrons. The van der Waals surface area contributed by atoms with E-state index in [0.717, 1.165) is 22.5 Å². The summed E-state index contributed by atoms with van der Waals surface area (Å²) < 4.78 is 41.5. The minimum Gasteiger partial charge on any atom is -0.378 e. The van der Waals surface area contributed by atoms with Gasteiger partial charge in [-0.2, -0.15) is 0 Å². The van der Waals surface area contributed by atoms with E-state index in [2.05, 4.69) is 29.8 Å². The van der Waals surface area contributed by atoms with Crippen molar-refractivity contribution in [1.29, 1.82) is 0 Å². The highest BCUT2D eigenvalue weighted by molar-refractivity contribution is 7.94. The molecule has 2 aromatic carbocycles. The molecule has 0 bridgehead atoms. The van der Waals surface area contributed by atoms with Gasteiger partial charge in [-0.3, -0.25) is 4.03 Å². The summed E-state index contributed by atoms with van der Waals surface area (Å²) in [6, 6.07) is 19.7. The van der Waals surface area contributed by atoms with Crippen LogP contribution in [0.5, 0.6) is 0 Å². The maximum atomic E-state index is 13.5. The molecule has 0 saturated heterocycles. The second kappa shape index (κ2) is 15.6. The lowest BCUT2D eigenvalue weighted by molar-refractivity contribution is -0.112. The molecule has 0 spiro atoms. The van der Waals surface area contributed by atoms with Gasteiger partial charge >= 0.3 is 0 Å². The third-order valence-electron chi connectivity index (χ3n) is 7.02. The molecule has 3 N–H and O–H groups in total. The van der Waals surface area contributed by atoms with Gasteiger partial charge in [0.05, 0.1) is 59.1 Å². The Hall–Kier alpha value is -2.00. The van der Waals surface area contributed by atoms with Gasteiger partial charge in [0, 0.05) is 0 Å². The number of aromatic nitrogens is 1. The second-order valence-corrected chi connectivity index (χ2v) is 19.9. The zero-order valence-corrected chi connectivity index (χ0v) is 27.9. The SMILES string of the molecule is CC(C)(C)[Si](C)(C)N=S(N)(=O)c1cnc(C(O)(COCCOCc2ccccc2)COCCOCc2ccccc2)s1. The van der Waals surface area contributed by atoms with Crippen LogP contribution in [0.1, 0.15) is 36.9 Å². The number of benzene rings is 2. The highest BCUT2D eigenvalue weighted by atomic mass is 32.2. The van der Waals surface area contributed by atoms with Gasteiger partial charge in [0.1, 0.15) is 19.1 Å². The van der Waals surface area contributed by atoms with Crippen LogP contribution in [-0.4, -0.2) is 62.2 Å². The molecule has 0 aliphatic rings. The normalized spacial score (nSPS) is 14.1. The molecule has 0 saturated carbocycles. The minimum absolute atomic E-state index is 0.0926. The van der Waals surface area contributed by atoms with E-state index in [-0.39, 0.29) is 31.5 Å². The number of nitrogens with two attached hydrogens (primary N) is 1. The lowest BCUT2D eigenvalue weighted by atomic mass is 10.1. The molecule has 3 rings (SSSR count). The van der Waals surface area contributed by atoms with Crippen LogP contribution in [0.3, 0.4) is 0 Å². The Morgan fingerprint density at radius 3 is 1.76 bits per heavy atom. The molecular formula is C30H45N3O6S2Si. The Kier molecular flexibility index (Phi) is 12.8. The summed E-state index contributed by atoms with van der Waals surface area (Å²) in [5.74, 6) is 0. The summed E-state index contributed by atoms with van der Waals surface area (Å²) in [6.45, 7) is 12.3. The van der Waals surface area contributed by atoms with E-state index in [0.29, 0.717) is 35.6 Å². The van der Waals surface area contributed by atoms with Crippen LogP contribution < -0.4 is 5.14 Å². The summed E-state index contributed by atoms with van der Waals surface area (Å²) in [4.78, 5) is 4.40. The van der Waals surface area contributed by atoms with Crippen molar-refractivity contribution in [1.82, 2.24) is 4.98 Å². The molecule has 1 atom stereocenters. The molecule has 9 nitrogen and oxygen atoms in total. The Bertz CT molecular complexity index is 1290. The first-order valence-corrected chi connectivity index (χ1v) is 19.3. The first-order chi connectivity index (χ1) is 19.8. The predicted octanol–water partition coefficient (Wildman–Crippen LogP) is 5.50. The fraction of sp³-hybridized carbons (Fsp3) is 0.500. The molecule has 232 valence electrons. The van der Waals surface area contributed by atoms with Crippen molar-refractivity contribution in [2.75, 3.05) is 39.6 Å². The van der Waals surface area contributed by atoms with E-state index >= 15 is 0 Å². The molecule has 0 amide bonds. The standard InChI is InChI=1S/C30H45N3O6S2Si/c1-29(2,3)42(4,5)33-41(31,35)27-20-32-28(40-27)30(34,23-38-18-16-36-21-25-12-8-6-9-13-25)24-39-19-17-37-22-26-14-10-7-11-15-26/h6-15,20,34H,16-19,21-24H2,1-5H3,(H2,31,33,35). The van der Waals surface area contributed by atoms with Crippen LogP contribution in [0, 0.1) is 0 Å². The van der Waals surface area contributed by atoms with Crippen LogP contribution >= 0.6 is 11.3 Å². The summed E-state index contributed by atoms with van der Waals surface area (Å²) in [5, 5.41) is 18.1. The Balaban J connectivity index is 1.63. The quantitative estimate of drug-likeness (QED) is 0.148. The number of aliphatic hydroxyl groups is 1. The van der Waals surface area contributed by atoms with E-state index in [1.165, 1.54) is 6.20 Å². The number of nitrogens with zero attached hydrogens (tertiary/aromatic N) is 2. The van der Waals surface area contributed by atoms with E-state index in [1.807, 2.05) is 73.8 Å². The molecular weight excluding hydrogens is 591 g/mol. The predicted molar refractivity (Wildman–Crippen MR) is 170 cm³/mol. The molecule has 42 heavy (non-hydrogen) atoms. The summed E-state index contributed by atoms with van der Waals surface area (Å²) in [7, 11) is -5.51. The molecule has 1 heterocycles. The van der Waals surface area contributed by atoms with Crippen molar-refractivity contribution in [3.05, 3.63) is 83.0 Å². The Labute approximate surface area is 255 Å². The number of hydrogen-bond donors (Lipinski definition) is 2. The average Bonchev–Trinajstić information content (AvgIpc) is 3.45. The van der Waals surface area contributed by atoms with E-state index < -0.39 is 23.8 Å². The highest BCUT2D eigenvalue weighted by Crippen LogP contribution is 2.38. The van der Waals surface area contributed by atoms with Gasteiger partial charge in [-0.05, 0) is 29.3 Å². The zero-order valence-electron chi connectivity index (χ0n) is 25.3. The van der Waals surface area contributed by atoms with Gasteiger partial charge in [-0.15, -0.1) is 11.3 Å². The van der Waals surface area contributed by atoms with Gasteiger partial charge in [-0.1, -0.05) is 81.4 Å². The molecule has 0 aliphatic carbocycles. The molecule has 0 fully saturated rings. The Morgan fingerprint density at radius 1 is 0.857 bits per heavy atom. The van der Waals surface area contributed by atoms with Crippen molar-refractivity contribution < 1.29 is 28.3 Å². The molecule has 1 unspecified atom stereocenters. The number of rotatable bonds is 17. The number of ether oxygens (including phenoxy) is 4. The van der Waals surface area contributed by atoms with Crippen molar-refractivity contribution >= 4 is 29.5 Å². The maximum absolute atomic E-state index is 13.5. The van der Waals surface area contributed by atoms with E-state index in [1.54, 1.807) is 0 Å². The summed E-state index contributed by atoms with van der Waals surface area (Å²) >= 11 is 1.07. The molecule has 12 heteroatoms. The van der Waals surface area contributed by atoms with Crippen LogP contribution in [0.15, 0.2) is 75.1 Å². The first-order valence-electron chi connectivity index (χ1n) is 14.0. The van der Waals surface area contributed by atoms with E-state index in [4.69, 9.17) is 24.1 Å². The Morgan fingerprint density at radius 2 is 1.31 bits per heavy atom. The summed E-state index contributed by atoms with van der Waals surface area (Å²) in [5.41, 5.74) is 0.551. The van der Waals surface area contributed by atoms with Crippen LogP contribution in [0.4, 0.5) is 0 Å². The molecule has 0 aliphatic heterocycles. The zero-order chi connectivity index (χ0) is 30.7. The number of hydrogen-bond acceptors (Lipinski definition) is 9. The van der Waals surface area contributed by atoms with Crippen LogP contribution in [0.25, 0.3) is 0 Å². The second-order valence-electron chi connectivity index (χ2n) is 11.7. The lowest BCUT2D eigenvalue weighted by Crippen LogP contribution is -2.38. The maximum Gasteiger partial charge on any atom is 0.195 e. The highest BCUT2D eigenvalue weighted by Gasteiger charge is 2.39. The molecule has 1 aromatic heterocycles. The van der Waals surface area contributed by atoms with Crippen molar-refractivity contribution in [3.63, 3.8) is 0 Å². The average molecular weight is 636 g/mol. The van der Waals surface area contributed by atoms with Crippen molar-refractivity contribution in [2.45, 2.75) is 61.9 Å². The fourth-order valence-electron chi connectivity index (χ4n) is 3.54. The first kappa shape index (κ1) is 34.5. The van der Waals surface area contributed by atoms with Gasteiger partial charge in [0.25, 0.3) is 0 Å². The van der Waals surface area contributed by atoms with Crippen molar-refractivity contribution in [3.8, 4) is 0 Å². The van der Waals surface area contributed by atoms with Crippen LogP contribution in [0.2, 0.25) is 18.1 Å². The molecule has 3 aromatic rings. The third kappa shape index (κ3) is 10.6. The van der Waals surface area contributed by atoms with Crippen molar-refractivity contribution in [2.24, 2.45) is 9.17 Å². The van der Waals surface area contributed by atoms with Gasteiger partial charge in [0.2, 0.25) is 0 Å². The minimum atomic E-state index is -3.20. The summed E-state index contributed by atoms with van der Waals surface area (Å²) in [6.07, 6.45) is 1.44. The smallest absolute Gasteiger partial charge is 0.195 e.